The third-order valence-corrected chi connectivity index (χ3v) is 5.81. The predicted octanol–water partition coefficient (Wildman–Crippen LogP) is 4.25. The van der Waals surface area contributed by atoms with Crippen LogP contribution in [0.1, 0.15) is 41.6 Å². The zero-order chi connectivity index (χ0) is 18.5. The van der Waals surface area contributed by atoms with E-state index in [1.165, 1.54) is 28.0 Å². The van der Waals surface area contributed by atoms with Gasteiger partial charge in [0, 0.05) is 23.4 Å². The van der Waals surface area contributed by atoms with Gasteiger partial charge in [-0.1, -0.05) is 13.0 Å². The molecule has 0 N–H and O–H groups in total. The van der Waals surface area contributed by atoms with E-state index in [-0.39, 0.29) is 6.04 Å². The van der Waals surface area contributed by atoms with Gasteiger partial charge < -0.3 is 23.8 Å². The number of hydrogen-bond donors (Lipinski definition) is 0. The van der Waals surface area contributed by atoms with Crippen LogP contribution < -0.4 is 18.9 Å². The minimum atomic E-state index is 0.253. The van der Waals surface area contributed by atoms with E-state index in [1.54, 1.807) is 14.2 Å². The first-order valence-electron chi connectivity index (χ1n) is 9.41. The summed E-state index contributed by atoms with van der Waals surface area (Å²) in [6.07, 6.45) is 4.25. The van der Waals surface area contributed by atoms with Crippen molar-refractivity contribution in [2.75, 3.05) is 27.6 Å². The van der Waals surface area contributed by atoms with Gasteiger partial charge in [-0.2, -0.15) is 0 Å². The first kappa shape index (κ1) is 16.4. The average Bonchev–Trinajstić information content (AvgIpc) is 3.16. The van der Waals surface area contributed by atoms with E-state index in [9.17, 15) is 0 Å². The maximum absolute atomic E-state index is 5.76. The van der Waals surface area contributed by atoms with Crippen molar-refractivity contribution in [2.45, 2.75) is 25.8 Å². The molecule has 140 valence electrons. The molecular formula is C22H23NO4. The largest absolute Gasteiger partial charge is 0.493 e. The molecule has 0 radical (unpaired) electrons. The Bertz CT molecular complexity index is 950. The summed E-state index contributed by atoms with van der Waals surface area (Å²) in [5.41, 5.74) is 6.22. The molecule has 0 aromatic heterocycles. The van der Waals surface area contributed by atoms with Crippen LogP contribution in [-0.2, 0) is 6.42 Å². The Morgan fingerprint density at radius 1 is 1.11 bits per heavy atom. The summed E-state index contributed by atoms with van der Waals surface area (Å²) >= 11 is 0. The lowest BCUT2D eigenvalue weighted by molar-refractivity contribution is 0.174. The summed E-state index contributed by atoms with van der Waals surface area (Å²) in [5.74, 6) is 3.32. The highest BCUT2D eigenvalue weighted by molar-refractivity contribution is 5.88. The van der Waals surface area contributed by atoms with Gasteiger partial charge in [0.1, 0.15) is 0 Å². The summed E-state index contributed by atoms with van der Waals surface area (Å²) in [5, 5.41) is 0. The van der Waals surface area contributed by atoms with Gasteiger partial charge in [-0.05, 0) is 48.2 Å². The smallest absolute Gasteiger partial charge is 0.231 e. The third kappa shape index (κ3) is 2.30. The first-order valence-corrected chi connectivity index (χ1v) is 9.41. The summed E-state index contributed by atoms with van der Waals surface area (Å²) in [6, 6.07) is 8.64. The highest BCUT2D eigenvalue weighted by Crippen LogP contribution is 2.50. The van der Waals surface area contributed by atoms with Crippen molar-refractivity contribution in [1.29, 1.82) is 0 Å². The topological polar surface area (TPSA) is 40.2 Å². The van der Waals surface area contributed by atoms with Gasteiger partial charge in [0.2, 0.25) is 6.79 Å². The Kier molecular flexibility index (Phi) is 3.71. The number of fused-ring (bicyclic) bond motifs is 5. The lowest BCUT2D eigenvalue weighted by Crippen LogP contribution is -2.35. The lowest BCUT2D eigenvalue weighted by Gasteiger charge is -2.43. The van der Waals surface area contributed by atoms with Crippen LogP contribution in [0, 0.1) is 0 Å². The fourth-order valence-electron chi connectivity index (χ4n) is 4.59. The summed E-state index contributed by atoms with van der Waals surface area (Å²) in [4.78, 5) is 2.49. The number of benzene rings is 2. The molecule has 27 heavy (non-hydrogen) atoms. The average molecular weight is 365 g/mol. The van der Waals surface area contributed by atoms with Crippen LogP contribution in [-0.4, -0.2) is 32.5 Å². The van der Waals surface area contributed by atoms with Crippen LogP contribution in [0.2, 0.25) is 0 Å². The van der Waals surface area contributed by atoms with Crippen molar-refractivity contribution in [1.82, 2.24) is 4.90 Å². The predicted molar refractivity (Wildman–Crippen MR) is 103 cm³/mol. The highest BCUT2D eigenvalue weighted by Gasteiger charge is 2.35. The van der Waals surface area contributed by atoms with Gasteiger partial charge >= 0.3 is 0 Å². The van der Waals surface area contributed by atoms with Crippen LogP contribution >= 0.6 is 0 Å². The second-order valence-electron chi connectivity index (χ2n) is 7.06. The molecule has 5 heteroatoms. The highest BCUT2D eigenvalue weighted by atomic mass is 16.7. The molecule has 2 aromatic carbocycles. The van der Waals surface area contributed by atoms with Crippen LogP contribution in [0.15, 0.2) is 24.3 Å². The Labute approximate surface area is 159 Å². The molecule has 0 unspecified atom stereocenters. The molecule has 2 aromatic rings. The molecule has 0 saturated carbocycles. The van der Waals surface area contributed by atoms with Gasteiger partial charge in [0.05, 0.1) is 20.3 Å². The summed E-state index contributed by atoms with van der Waals surface area (Å²) in [7, 11) is 3.41. The maximum atomic E-state index is 5.76. The molecule has 3 aliphatic heterocycles. The van der Waals surface area contributed by atoms with Crippen molar-refractivity contribution in [3.8, 4) is 23.0 Å². The van der Waals surface area contributed by atoms with Crippen LogP contribution in [0.3, 0.4) is 0 Å². The van der Waals surface area contributed by atoms with Gasteiger partial charge in [0.15, 0.2) is 23.0 Å². The normalized spacial score (nSPS) is 19.0. The number of rotatable bonds is 3. The maximum Gasteiger partial charge on any atom is 0.231 e. The van der Waals surface area contributed by atoms with Crippen LogP contribution in [0.5, 0.6) is 23.0 Å². The van der Waals surface area contributed by atoms with Crippen molar-refractivity contribution < 1.29 is 18.9 Å². The van der Waals surface area contributed by atoms with Gasteiger partial charge in [0.25, 0.3) is 0 Å². The van der Waals surface area contributed by atoms with E-state index in [0.29, 0.717) is 6.79 Å². The molecule has 3 heterocycles. The van der Waals surface area contributed by atoms with Crippen LogP contribution in [0.4, 0.5) is 0 Å². The zero-order valence-corrected chi connectivity index (χ0v) is 15.9. The molecule has 5 nitrogen and oxygen atoms in total. The quantitative estimate of drug-likeness (QED) is 0.813. The minimum Gasteiger partial charge on any atom is -0.493 e. The van der Waals surface area contributed by atoms with Crippen molar-refractivity contribution >= 4 is 11.8 Å². The molecule has 0 amide bonds. The molecule has 0 aliphatic carbocycles. The third-order valence-electron chi connectivity index (χ3n) is 5.81. The van der Waals surface area contributed by atoms with E-state index in [0.717, 1.165) is 42.4 Å². The number of ether oxygens (including phenoxy) is 4. The van der Waals surface area contributed by atoms with Crippen molar-refractivity contribution in [3.05, 3.63) is 46.5 Å². The van der Waals surface area contributed by atoms with E-state index in [1.807, 2.05) is 6.07 Å². The summed E-state index contributed by atoms with van der Waals surface area (Å²) in [6.45, 7) is 3.50. The molecule has 0 fully saturated rings. The molecule has 5 rings (SSSR count). The van der Waals surface area contributed by atoms with Crippen molar-refractivity contribution in [2.24, 2.45) is 0 Å². The van der Waals surface area contributed by atoms with E-state index in [4.69, 9.17) is 18.9 Å². The molecule has 1 atom stereocenters. The second-order valence-corrected chi connectivity index (χ2v) is 7.06. The Morgan fingerprint density at radius 3 is 2.67 bits per heavy atom. The minimum absolute atomic E-state index is 0.253. The molecule has 3 aliphatic rings. The lowest BCUT2D eigenvalue weighted by atomic mass is 9.85. The number of nitrogens with zero attached hydrogens (tertiary/aromatic N) is 1. The molecule has 0 spiro atoms. The monoisotopic (exact) mass is 365 g/mol. The van der Waals surface area contributed by atoms with Gasteiger partial charge in [-0.15, -0.1) is 0 Å². The molecular weight excluding hydrogens is 342 g/mol. The SMILES string of the molecule is CC[C@@H]1c2c(ccc(OC)c2OC)C=C2c3cc4c(cc3CCN21)OCO4. The number of methoxy groups -OCH3 is 2. The van der Waals surface area contributed by atoms with E-state index in [2.05, 4.69) is 36.1 Å². The fourth-order valence-corrected chi connectivity index (χ4v) is 4.59. The molecule has 0 saturated heterocycles. The zero-order valence-electron chi connectivity index (χ0n) is 15.9. The number of hydrogen-bond acceptors (Lipinski definition) is 5. The fraction of sp³-hybridized carbons (Fsp3) is 0.364. The van der Waals surface area contributed by atoms with E-state index < -0.39 is 0 Å². The van der Waals surface area contributed by atoms with E-state index >= 15 is 0 Å². The Balaban J connectivity index is 1.71. The molecule has 0 bridgehead atoms. The summed E-state index contributed by atoms with van der Waals surface area (Å²) < 4.78 is 22.5. The van der Waals surface area contributed by atoms with Crippen LogP contribution in [0.25, 0.3) is 11.8 Å². The van der Waals surface area contributed by atoms with Gasteiger partial charge in [-0.25, -0.2) is 0 Å². The Morgan fingerprint density at radius 2 is 1.93 bits per heavy atom. The first-order chi connectivity index (χ1) is 13.2. The second kappa shape index (κ2) is 6.12. The van der Waals surface area contributed by atoms with Crippen molar-refractivity contribution in [3.63, 3.8) is 0 Å². The Hall–Kier alpha value is -2.82. The standard InChI is InChI=1S/C22H23NO4/c1-4-16-21-14(5-6-18(24-2)22(21)25-3)9-17-15-11-20-19(26-12-27-20)10-13(15)7-8-23(16)17/h5-6,9-11,16H,4,7-8,12H2,1-3H3/t16-/m1/s1. The van der Waals surface area contributed by atoms with Gasteiger partial charge in [-0.3, -0.25) is 0 Å².